The molecule has 0 atom stereocenters. The van der Waals surface area contributed by atoms with Crippen LogP contribution in [0, 0.1) is 10.1 Å². The lowest BCUT2D eigenvalue weighted by atomic mass is 9.98. The van der Waals surface area contributed by atoms with Gasteiger partial charge in [-0.2, -0.15) is 0 Å². The monoisotopic (exact) mass is 347 g/mol. The zero-order valence-corrected chi connectivity index (χ0v) is 14.6. The summed E-state index contributed by atoms with van der Waals surface area (Å²) in [5, 5.41) is 17.6. The van der Waals surface area contributed by atoms with Gasteiger partial charge in [-0.05, 0) is 22.8 Å². The van der Waals surface area contributed by atoms with Crippen LogP contribution in [-0.4, -0.2) is 12.0 Å². The molecule has 0 aliphatic carbocycles. The minimum absolute atomic E-state index is 0.0143. The topological polar surface area (TPSA) is 67.2 Å². The normalized spacial score (nSPS) is 10.7. The van der Waals surface area contributed by atoms with Crippen LogP contribution in [0.1, 0.15) is 22.7 Å². The van der Waals surface area contributed by atoms with Gasteiger partial charge in [0.25, 0.3) is 5.69 Å². The Morgan fingerprint density at radius 3 is 2.00 bits per heavy atom. The maximum Gasteiger partial charge on any atom is 0.292 e. The lowest BCUT2D eigenvalue weighted by Gasteiger charge is -2.20. The third-order valence-corrected chi connectivity index (χ3v) is 4.30. The summed E-state index contributed by atoms with van der Waals surface area (Å²) in [6.07, 6.45) is 0. The highest BCUT2D eigenvalue weighted by molar-refractivity contribution is 5.62. The van der Waals surface area contributed by atoms with E-state index in [-0.39, 0.29) is 16.7 Å². The fourth-order valence-electron chi connectivity index (χ4n) is 2.99. The van der Waals surface area contributed by atoms with Crippen molar-refractivity contribution in [3.63, 3.8) is 0 Å². The quantitative estimate of drug-likeness (QED) is 0.487. The van der Waals surface area contributed by atoms with Crippen molar-refractivity contribution in [3.8, 4) is 0 Å². The number of benzene rings is 3. The Morgan fingerprint density at radius 1 is 0.923 bits per heavy atom. The highest BCUT2D eigenvalue weighted by Gasteiger charge is 2.16. The average molecular weight is 347 g/mol. The summed E-state index contributed by atoms with van der Waals surface area (Å²) in [5.74, 6) is 0. The fourth-order valence-corrected chi connectivity index (χ4v) is 2.99. The maximum atomic E-state index is 11.3. The number of rotatable bonds is 7. The molecule has 2 N–H and O–H groups in total. The molecule has 0 fully saturated rings. The second-order valence-corrected chi connectivity index (χ2v) is 5.99. The highest BCUT2D eigenvalue weighted by Crippen LogP contribution is 2.26. The zero-order valence-electron chi connectivity index (χ0n) is 14.6. The lowest BCUT2D eigenvalue weighted by molar-refractivity contribution is -0.384. The number of anilines is 1. The maximum absolute atomic E-state index is 11.3. The van der Waals surface area contributed by atoms with E-state index in [4.69, 9.17) is 0 Å². The van der Waals surface area contributed by atoms with E-state index in [1.54, 1.807) is 19.2 Å². The largest absolute Gasteiger partial charge is 0.383 e. The molecule has 0 unspecified atom stereocenters. The van der Waals surface area contributed by atoms with Crippen molar-refractivity contribution in [1.29, 1.82) is 0 Å². The van der Waals surface area contributed by atoms with Crippen molar-refractivity contribution in [2.75, 3.05) is 12.4 Å². The van der Waals surface area contributed by atoms with Crippen LogP contribution in [0.3, 0.4) is 0 Å². The molecule has 3 rings (SSSR count). The molecule has 5 nitrogen and oxygen atoms in total. The van der Waals surface area contributed by atoms with Gasteiger partial charge in [-0.15, -0.1) is 0 Å². The van der Waals surface area contributed by atoms with E-state index in [0.29, 0.717) is 12.2 Å². The highest BCUT2D eigenvalue weighted by atomic mass is 16.6. The minimum atomic E-state index is -0.360. The van der Waals surface area contributed by atoms with E-state index in [2.05, 4.69) is 34.9 Å². The van der Waals surface area contributed by atoms with Crippen LogP contribution in [-0.2, 0) is 6.54 Å². The third kappa shape index (κ3) is 4.07. The molecule has 0 saturated carbocycles. The molecule has 26 heavy (non-hydrogen) atoms. The molecular weight excluding hydrogens is 326 g/mol. The van der Waals surface area contributed by atoms with Crippen LogP contribution < -0.4 is 10.6 Å². The molecule has 0 saturated heterocycles. The van der Waals surface area contributed by atoms with Gasteiger partial charge in [0.1, 0.15) is 5.69 Å². The predicted molar refractivity (Wildman–Crippen MR) is 104 cm³/mol. The Kier molecular flexibility index (Phi) is 5.61. The third-order valence-electron chi connectivity index (χ3n) is 4.30. The Hall–Kier alpha value is -3.18. The molecular formula is C21H21N3O2. The standard InChI is InChI=1S/C21H21N3O2/c1-22-19-13-12-16(14-20(19)24(25)26)15-23-21(17-8-4-2-5-9-17)18-10-6-3-7-11-18/h2-14,21-23H,15H2,1H3. The van der Waals surface area contributed by atoms with Crippen LogP contribution in [0.4, 0.5) is 11.4 Å². The number of nitrogens with zero attached hydrogens (tertiary/aromatic N) is 1. The molecule has 3 aromatic carbocycles. The SMILES string of the molecule is CNc1ccc(CNC(c2ccccc2)c2ccccc2)cc1[N+](=O)[O-]. The summed E-state index contributed by atoms with van der Waals surface area (Å²) in [4.78, 5) is 10.9. The molecule has 0 aliphatic heterocycles. The van der Waals surface area contributed by atoms with E-state index >= 15 is 0 Å². The number of nitrogens with one attached hydrogen (secondary N) is 2. The predicted octanol–water partition coefficient (Wildman–Crippen LogP) is 4.52. The van der Waals surface area contributed by atoms with Crippen LogP contribution in [0.25, 0.3) is 0 Å². The first-order valence-corrected chi connectivity index (χ1v) is 8.47. The van der Waals surface area contributed by atoms with Crippen LogP contribution in [0.5, 0.6) is 0 Å². The van der Waals surface area contributed by atoms with Crippen LogP contribution >= 0.6 is 0 Å². The van der Waals surface area contributed by atoms with Gasteiger partial charge in [0.2, 0.25) is 0 Å². The minimum Gasteiger partial charge on any atom is -0.383 e. The van der Waals surface area contributed by atoms with Gasteiger partial charge in [0, 0.05) is 19.7 Å². The average Bonchev–Trinajstić information content (AvgIpc) is 2.69. The smallest absolute Gasteiger partial charge is 0.292 e. The number of hydrogen-bond donors (Lipinski definition) is 2. The number of nitro groups is 1. The van der Waals surface area contributed by atoms with Gasteiger partial charge in [-0.3, -0.25) is 10.1 Å². The van der Waals surface area contributed by atoms with Crippen molar-refractivity contribution >= 4 is 11.4 Å². The Bertz CT molecular complexity index is 827. The van der Waals surface area contributed by atoms with Gasteiger partial charge < -0.3 is 10.6 Å². The van der Waals surface area contributed by atoms with Crippen molar-refractivity contribution < 1.29 is 4.92 Å². The Balaban J connectivity index is 1.85. The molecule has 0 aliphatic rings. The first-order valence-electron chi connectivity index (χ1n) is 8.47. The summed E-state index contributed by atoms with van der Waals surface area (Å²) in [6.45, 7) is 0.527. The fraction of sp³-hybridized carbons (Fsp3) is 0.143. The van der Waals surface area contributed by atoms with Gasteiger partial charge in [-0.25, -0.2) is 0 Å². The molecule has 132 valence electrons. The summed E-state index contributed by atoms with van der Waals surface area (Å²) in [6, 6.07) is 25.6. The molecule has 0 amide bonds. The van der Waals surface area contributed by atoms with E-state index < -0.39 is 0 Å². The van der Waals surface area contributed by atoms with Crippen LogP contribution in [0.15, 0.2) is 78.9 Å². The van der Waals surface area contributed by atoms with E-state index in [1.165, 1.54) is 0 Å². The summed E-state index contributed by atoms with van der Waals surface area (Å²) >= 11 is 0. The summed E-state index contributed by atoms with van der Waals surface area (Å²) < 4.78 is 0. The van der Waals surface area contributed by atoms with Crippen molar-refractivity contribution in [2.24, 2.45) is 0 Å². The second kappa shape index (κ2) is 8.27. The molecule has 0 spiro atoms. The summed E-state index contributed by atoms with van der Waals surface area (Å²) in [5.41, 5.74) is 3.77. The second-order valence-electron chi connectivity index (χ2n) is 5.99. The Morgan fingerprint density at radius 2 is 1.50 bits per heavy atom. The van der Waals surface area contributed by atoms with Crippen molar-refractivity contribution in [2.45, 2.75) is 12.6 Å². The molecule has 0 radical (unpaired) electrons. The number of hydrogen-bond acceptors (Lipinski definition) is 4. The lowest BCUT2D eigenvalue weighted by Crippen LogP contribution is -2.22. The van der Waals surface area contributed by atoms with Gasteiger partial charge in [-0.1, -0.05) is 66.7 Å². The van der Waals surface area contributed by atoms with Crippen molar-refractivity contribution in [3.05, 3.63) is 106 Å². The van der Waals surface area contributed by atoms with Gasteiger partial charge >= 0.3 is 0 Å². The first-order chi connectivity index (χ1) is 12.7. The number of nitro benzene ring substituents is 1. The first kappa shape index (κ1) is 17.6. The molecule has 0 aromatic heterocycles. The Labute approximate surface area is 152 Å². The van der Waals surface area contributed by atoms with E-state index in [1.807, 2.05) is 42.5 Å². The molecule has 0 bridgehead atoms. The van der Waals surface area contributed by atoms with Crippen LogP contribution in [0.2, 0.25) is 0 Å². The molecule has 5 heteroatoms. The molecule has 0 heterocycles. The summed E-state index contributed by atoms with van der Waals surface area (Å²) in [7, 11) is 1.68. The zero-order chi connectivity index (χ0) is 18.4. The van der Waals surface area contributed by atoms with Gasteiger partial charge in [0.15, 0.2) is 0 Å². The van der Waals surface area contributed by atoms with E-state index in [9.17, 15) is 10.1 Å². The van der Waals surface area contributed by atoms with Gasteiger partial charge in [0.05, 0.1) is 11.0 Å². The molecule has 3 aromatic rings. The van der Waals surface area contributed by atoms with E-state index in [0.717, 1.165) is 16.7 Å². The van der Waals surface area contributed by atoms with Crippen molar-refractivity contribution in [1.82, 2.24) is 5.32 Å².